The van der Waals surface area contributed by atoms with E-state index in [0.29, 0.717) is 10.8 Å². The standard InChI is InChI=1S/C29H19BrClFN2O/c1-29(35,16-6-3-2-4-7-16)17-10-12-19-21(14-17)22-15-18(30)11-13-20(22)27-26(19)33-28(34-27)25-23(31)8-5-9-24(25)32/h2-15,35H,1H3,(H,33,34). The second kappa shape index (κ2) is 8.16. The van der Waals surface area contributed by atoms with Crippen LogP contribution in [0.4, 0.5) is 4.39 Å². The molecular weight excluding hydrogens is 527 g/mol. The molecule has 0 amide bonds. The predicted octanol–water partition coefficient (Wildman–Crippen LogP) is 8.35. The van der Waals surface area contributed by atoms with E-state index < -0.39 is 11.4 Å². The van der Waals surface area contributed by atoms with Gasteiger partial charge in [-0.25, -0.2) is 9.37 Å². The third-order valence-electron chi connectivity index (χ3n) is 6.62. The van der Waals surface area contributed by atoms with Gasteiger partial charge in [-0.2, -0.15) is 0 Å². The van der Waals surface area contributed by atoms with Crippen LogP contribution in [-0.2, 0) is 5.60 Å². The molecule has 0 saturated carbocycles. The molecule has 0 saturated heterocycles. The van der Waals surface area contributed by atoms with Crippen molar-refractivity contribution in [1.82, 2.24) is 9.97 Å². The Morgan fingerprint density at radius 2 is 1.60 bits per heavy atom. The molecule has 6 rings (SSSR count). The highest BCUT2D eigenvalue weighted by Crippen LogP contribution is 2.40. The van der Waals surface area contributed by atoms with Gasteiger partial charge in [-0.05, 0) is 59.2 Å². The Morgan fingerprint density at radius 1 is 0.857 bits per heavy atom. The quantitative estimate of drug-likeness (QED) is 0.220. The summed E-state index contributed by atoms with van der Waals surface area (Å²) < 4.78 is 15.6. The molecule has 0 aliphatic heterocycles. The number of aromatic nitrogens is 2. The Morgan fingerprint density at radius 3 is 2.37 bits per heavy atom. The second-order valence-corrected chi connectivity index (χ2v) is 10.1. The number of imidazole rings is 1. The van der Waals surface area contributed by atoms with Gasteiger partial charge in [0.1, 0.15) is 17.2 Å². The molecule has 1 heterocycles. The van der Waals surface area contributed by atoms with E-state index in [1.54, 1.807) is 19.1 Å². The molecule has 3 nitrogen and oxygen atoms in total. The van der Waals surface area contributed by atoms with Crippen molar-refractivity contribution in [3.8, 4) is 11.4 Å². The number of H-pyrrole nitrogens is 1. The number of hydrogen-bond donors (Lipinski definition) is 2. The van der Waals surface area contributed by atoms with Crippen LogP contribution in [0, 0.1) is 5.82 Å². The maximum atomic E-state index is 14.7. The molecule has 5 aromatic carbocycles. The van der Waals surface area contributed by atoms with E-state index in [1.807, 2.05) is 66.7 Å². The molecule has 6 aromatic rings. The molecule has 1 aromatic heterocycles. The van der Waals surface area contributed by atoms with Gasteiger partial charge in [-0.15, -0.1) is 0 Å². The summed E-state index contributed by atoms with van der Waals surface area (Å²) in [4.78, 5) is 8.11. The van der Waals surface area contributed by atoms with E-state index in [4.69, 9.17) is 16.6 Å². The zero-order valence-corrected chi connectivity index (χ0v) is 21.0. The molecule has 6 heteroatoms. The minimum absolute atomic E-state index is 0.243. The topological polar surface area (TPSA) is 48.9 Å². The summed E-state index contributed by atoms with van der Waals surface area (Å²) in [5.74, 6) is -0.0608. The molecule has 172 valence electrons. The van der Waals surface area contributed by atoms with Crippen LogP contribution < -0.4 is 0 Å². The Balaban J connectivity index is 1.68. The first kappa shape index (κ1) is 22.2. The number of nitrogens with zero attached hydrogens (tertiary/aromatic N) is 1. The lowest BCUT2D eigenvalue weighted by atomic mass is 9.86. The number of fused-ring (bicyclic) bond motifs is 6. The van der Waals surface area contributed by atoms with Crippen molar-refractivity contribution in [1.29, 1.82) is 0 Å². The molecule has 2 N–H and O–H groups in total. The van der Waals surface area contributed by atoms with Gasteiger partial charge in [-0.3, -0.25) is 0 Å². The van der Waals surface area contributed by atoms with E-state index in [1.165, 1.54) is 6.07 Å². The lowest BCUT2D eigenvalue weighted by Crippen LogP contribution is -2.22. The minimum Gasteiger partial charge on any atom is -0.381 e. The normalized spacial score (nSPS) is 13.5. The zero-order chi connectivity index (χ0) is 24.3. The summed E-state index contributed by atoms with van der Waals surface area (Å²) in [5.41, 5.74) is 2.17. The summed E-state index contributed by atoms with van der Waals surface area (Å²) in [6.45, 7) is 1.80. The SMILES string of the molecule is CC(O)(c1ccccc1)c1ccc2c(c1)c1cc(Br)ccc1c1nc(-c3c(F)cccc3Cl)[nH]c21. The molecule has 0 radical (unpaired) electrons. The van der Waals surface area contributed by atoms with Crippen LogP contribution in [0.3, 0.4) is 0 Å². The highest BCUT2D eigenvalue weighted by molar-refractivity contribution is 9.10. The van der Waals surface area contributed by atoms with Crippen molar-refractivity contribution >= 4 is 60.1 Å². The first-order valence-electron chi connectivity index (χ1n) is 11.1. The number of aliphatic hydroxyl groups is 1. The summed E-state index contributed by atoms with van der Waals surface area (Å²) in [7, 11) is 0. The van der Waals surface area contributed by atoms with Crippen LogP contribution in [0.1, 0.15) is 18.1 Å². The van der Waals surface area contributed by atoms with Gasteiger partial charge in [0.25, 0.3) is 0 Å². The third-order valence-corrected chi connectivity index (χ3v) is 7.43. The average molecular weight is 546 g/mol. The van der Waals surface area contributed by atoms with Crippen LogP contribution in [0.15, 0.2) is 89.4 Å². The van der Waals surface area contributed by atoms with Crippen molar-refractivity contribution < 1.29 is 9.50 Å². The lowest BCUT2D eigenvalue weighted by Gasteiger charge is -2.25. The van der Waals surface area contributed by atoms with E-state index >= 15 is 0 Å². The van der Waals surface area contributed by atoms with E-state index in [2.05, 4.69) is 20.9 Å². The molecule has 0 fully saturated rings. The second-order valence-electron chi connectivity index (χ2n) is 8.79. The molecule has 1 atom stereocenters. The van der Waals surface area contributed by atoms with Crippen LogP contribution >= 0.6 is 27.5 Å². The Bertz CT molecular complexity index is 1740. The van der Waals surface area contributed by atoms with Crippen LogP contribution in [0.5, 0.6) is 0 Å². The smallest absolute Gasteiger partial charge is 0.143 e. The molecule has 35 heavy (non-hydrogen) atoms. The van der Waals surface area contributed by atoms with Crippen molar-refractivity contribution in [3.63, 3.8) is 0 Å². The molecule has 0 aliphatic carbocycles. The van der Waals surface area contributed by atoms with Crippen molar-refractivity contribution in [2.24, 2.45) is 0 Å². The summed E-state index contributed by atoms with van der Waals surface area (Å²) in [5, 5.41) is 15.6. The molecule has 0 aliphatic rings. The fourth-order valence-corrected chi connectivity index (χ4v) is 5.38. The maximum absolute atomic E-state index is 14.7. The van der Waals surface area contributed by atoms with Crippen molar-refractivity contribution in [2.75, 3.05) is 0 Å². The summed E-state index contributed by atoms with van der Waals surface area (Å²) in [6, 6.07) is 26.1. The van der Waals surface area contributed by atoms with E-state index in [9.17, 15) is 9.50 Å². The largest absolute Gasteiger partial charge is 0.381 e. The van der Waals surface area contributed by atoms with Crippen LogP contribution in [0.25, 0.3) is 44.0 Å². The number of benzene rings is 5. The Hall–Kier alpha value is -3.25. The van der Waals surface area contributed by atoms with Gasteiger partial charge in [0.05, 0.1) is 21.6 Å². The predicted molar refractivity (Wildman–Crippen MR) is 144 cm³/mol. The van der Waals surface area contributed by atoms with Crippen LogP contribution in [0.2, 0.25) is 5.02 Å². The average Bonchev–Trinajstić information content (AvgIpc) is 3.29. The molecular formula is C29H19BrClFN2O. The fourth-order valence-electron chi connectivity index (χ4n) is 4.77. The van der Waals surface area contributed by atoms with Gasteiger partial charge in [0, 0.05) is 15.2 Å². The maximum Gasteiger partial charge on any atom is 0.143 e. The molecule has 1 unspecified atom stereocenters. The van der Waals surface area contributed by atoms with E-state index in [0.717, 1.165) is 48.2 Å². The molecule has 0 spiro atoms. The van der Waals surface area contributed by atoms with Gasteiger partial charge in [-0.1, -0.05) is 82.1 Å². The number of halogens is 3. The third kappa shape index (κ3) is 3.54. The van der Waals surface area contributed by atoms with Crippen molar-refractivity contribution in [2.45, 2.75) is 12.5 Å². The van der Waals surface area contributed by atoms with Crippen LogP contribution in [-0.4, -0.2) is 15.1 Å². The lowest BCUT2D eigenvalue weighted by molar-refractivity contribution is 0.102. The highest BCUT2D eigenvalue weighted by atomic mass is 79.9. The zero-order valence-electron chi connectivity index (χ0n) is 18.6. The number of nitrogens with one attached hydrogen (secondary N) is 1. The van der Waals surface area contributed by atoms with Gasteiger partial charge in [0.2, 0.25) is 0 Å². The minimum atomic E-state index is -1.18. The number of hydrogen-bond acceptors (Lipinski definition) is 2. The number of aromatic amines is 1. The monoisotopic (exact) mass is 544 g/mol. The number of rotatable bonds is 3. The summed E-state index contributed by atoms with van der Waals surface area (Å²) in [6.07, 6.45) is 0. The van der Waals surface area contributed by atoms with Gasteiger partial charge >= 0.3 is 0 Å². The first-order chi connectivity index (χ1) is 16.8. The Labute approximate surface area is 214 Å². The molecule has 0 bridgehead atoms. The van der Waals surface area contributed by atoms with Gasteiger partial charge < -0.3 is 10.1 Å². The van der Waals surface area contributed by atoms with E-state index in [-0.39, 0.29) is 5.56 Å². The fraction of sp³-hybridized carbons (Fsp3) is 0.0690. The summed E-state index contributed by atoms with van der Waals surface area (Å²) >= 11 is 9.94. The highest BCUT2D eigenvalue weighted by Gasteiger charge is 2.26. The Kier molecular flexibility index (Phi) is 5.18. The van der Waals surface area contributed by atoms with Gasteiger partial charge in [0.15, 0.2) is 0 Å². The first-order valence-corrected chi connectivity index (χ1v) is 12.3. The van der Waals surface area contributed by atoms with Crippen molar-refractivity contribution in [3.05, 3.63) is 111 Å².